The fourth-order valence-electron chi connectivity index (χ4n) is 2.98. The number of nitrogens with zero attached hydrogens (tertiary/aromatic N) is 4. The highest BCUT2D eigenvalue weighted by atomic mass is 32.1. The molecule has 25 heavy (non-hydrogen) atoms. The topological polar surface area (TPSA) is 63.3 Å². The molecule has 0 amide bonds. The summed E-state index contributed by atoms with van der Waals surface area (Å²) in [6, 6.07) is 17.2. The molecule has 5 aromatic rings. The first-order valence-electron chi connectivity index (χ1n) is 7.77. The summed E-state index contributed by atoms with van der Waals surface area (Å²) < 4.78 is 1.90. The molecular weight excluding hydrogens is 332 g/mol. The van der Waals surface area contributed by atoms with E-state index in [2.05, 4.69) is 32.7 Å². The van der Waals surface area contributed by atoms with Gasteiger partial charge in [-0.15, -0.1) is 21.5 Å². The lowest BCUT2D eigenvalue weighted by Crippen LogP contribution is -1.91. The number of hydrogen-bond acceptors (Lipinski definition) is 5. The molecule has 120 valence electrons. The van der Waals surface area contributed by atoms with E-state index in [1.165, 1.54) is 0 Å². The SMILES string of the molecule is Oc1ccc(-c2nnc3c4c(-c5ccccc5)csc4ncn23)cc1. The molecule has 0 fully saturated rings. The van der Waals surface area contributed by atoms with E-state index in [4.69, 9.17) is 0 Å². The lowest BCUT2D eigenvalue weighted by Gasteiger charge is -2.02. The molecule has 0 unspecified atom stereocenters. The Morgan fingerprint density at radius 1 is 0.880 bits per heavy atom. The van der Waals surface area contributed by atoms with Crippen LogP contribution in [0.5, 0.6) is 5.75 Å². The van der Waals surface area contributed by atoms with Gasteiger partial charge in [-0.25, -0.2) is 4.98 Å². The first-order chi connectivity index (χ1) is 12.3. The highest BCUT2D eigenvalue weighted by Crippen LogP contribution is 2.35. The van der Waals surface area contributed by atoms with E-state index in [-0.39, 0.29) is 5.75 Å². The Hall–Kier alpha value is -3.25. The number of rotatable bonds is 2. The van der Waals surface area contributed by atoms with Crippen molar-refractivity contribution >= 4 is 27.2 Å². The third kappa shape index (κ3) is 2.19. The minimum absolute atomic E-state index is 0.224. The summed E-state index contributed by atoms with van der Waals surface area (Å²) in [6.45, 7) is 0. The van der Waals surface area contributed by atoms with Crippen molar-refractivity contribution in [2.24, 2.45) is 0 Å². The zero-order valence-electron chi connectivity index (χ0n) is 13.0. The van der Waals surface area contributed by atoms with Crippen LogP contribution in [0.2, 0.25) is 0 Å². The predicted octanol–water partition coefficient (Wildman–Crippen LogP) is 4.38. The van der Waals surface area contributed by atoms with E-state index in [0.717, 1.165) is 32.6 Å². The Morgan fingerprint density at radius 3 is 2.48 bits per heavy atom. The van der Waals surface area contributed by atoms with Gasteiger partial charge in [0.05, 0.1) is 5.39 Å². The van der Waals surface area contributed by atoms with Crippen LogP contribution in [0, 0.1) is 0 Å². The molecule has 5 nitrogen and oxygen atoms in total. The van der Waals surface area contributed by atoms with E-state index < -0.39 is 0 Å². The molecule has 0 atom stereocenters. The molecule has 2 aromatic carbocycles. The monoisotopic (exact) mass is 344 g/mol. The standard InChI is InChI=1S/C19H12N4OS/c24-14-8-6-13(7-9-14)17-21-22-18-16-15(12-4-2-1-3-5-12)10-25-19(16)20-11-23(17)18/h1-11,24H. The van der Waals surface area contributed by atoms with Gasteiger partial charge in [0.1, 0.15) is 16.9 Å². The van der Waals surface area contributed by atoms with Gasteiger partial charge in [0.25, 0.3) is 0 Å². The molecule has 0 aliphatic rings. The van der Waals surface area contributed by atoms with Gasteiger partial charge in [-0.2, -0.15) is 0 Å². The van der Waals surface area contributed by atoms with Crippen LogP contribution in [0.1, 0.15) is 0 Å². The minimum Gasteiger partial charge on any atom is -0.508 e. The predicted molar refractivity (Wildman–Crippen MR) is 98.7 cm³/mol. The maximum atomic E-state index is 9.49. The zero-order chi connectivity index (χ0) is 16.8. The van der Waals surface area contributed by atoms with Gasteiger partial charge in [0.15, 0.2) is 11.5 Å². The smallest absolute Gasteiger partial charge is 0.173 e. The lowest BCUT2D eigenvalue weighted by molar-refractivity contribution is 0.475. The fourth-order valence-corrected chi connectivity index (χ4v) is 3.89. The van der Waals surface area contributed by atoms with Gasteiger partial charge >= 0.3 is 0 Å². The van der Waals surface area contributed by atoms with Crippen molar-refractivity contribution in [3.05, 3.63) is 66.3 Å². The van der Waals surface area contributed by atoms with E-state index in [9.17, 15) is 5.11 Å². The molecule has 0 aliphatic heterocycles. The third-order valence-corrected chi connectivity index (χ3v) is 5.08. The second kappa shape index (κ2) is 5.39. The summed E-state index contributed by atoms with van der Waals surface area (Å²) >= 11 is 1.61. The van der Waals surface area contributed by atoms with Crippen molar-refractivity contribution in [2.75, 3.05) is 0 Å². The molecule has 0 bridgehead atoms. The van der Waals surface area contributed by atoms with E-state index in [1.807, 2.05) is 34.7 Å². The van der Waals surface area contributed by atoms with Crippen LogP contribution in [0.4, 0.5) is 0 Å². The molecule has 3 aromatic heterocycles. The number of aromatic hydroxyl groups is 1. The Bertz CT molecular complexity index is 1190. The number of thiophene rings is 1. The molecule has 1 N–H and O–H groups in total. The normalized spacial score (nSPS) is 11.4. The number of hydrogen-bond donors (Lipinski definition) is 1. The minimum atomic E-state index is 0.224. The van der Waals surface area contributed by atoms with Gasteiger partial charge < -0.3 is 5.11 Å². The van der Waals surface area contributed by atoms with Crippen LogP contribution in [0.15, 0.2) is 66.3 Å². The zero-order valence-corrected chi connectivity index (χ0v) is 13.8. The number of aromatic nitrogens is 4. The first kappa shape index (κ1) is 14.1. The van der Waals surface area contributed by atoms with Gasteiger partial charge in [-0.1, -0.05) is 30.3 Å². The molecule has 5 rings (SSSR count). The molecule has 0 saturated heterocycles. The van der Waals surface area contributed by atoms with Crippen LogP contribution in [-0.2, 0) is 0 Å². The number of phenolic OH excluding ortho intramolecular Hbond substituents is 1. The molecule has 0 spiro atoms. The second-order valence-corrected chi connectivity index (χ2v) is 6.56. The van der Waals surface area contributed by atoms with Crippen LogP contribution in [-0.4, -0.2) is 24.7 Å². The Morgan fingerprint density at radius 2 is 1.68 bits per heavy atom. The van der Waals surface area contributed by atoms with Crippen LogP contribution in [0.25, 0.3) is 38.4 Å². The molecule has 0 saturated carbocycles. The van der Waals surface area contributed by atoms with Gasteiger partial charge in [0, 0.05) is 16.5 Å². The average molecular weight is 344 g/mol. The Kier molecular flexibility index (Phi) is 3.05. The summed E-state index contributed by atoms with van der Waals surface area (Å²) in [4.78, 5) is 5.52. The molecular formula is C19H12N4OS. The summed E-state index contributed by atoms with van der Waals surface area (Å²) in [5.74, 6) is 0.928. The molecule has 0 radical (unpaired) electrons. The van der Waals surface area contributed by atoms with Crippen molar-refractivity contribution in [3.63, 3.8) is 0 Å². The van der Waals surface area contributed by atoms with Gasteiger partial charge in [-0.3, -0.25) is 4.40 Å². The van der Waals surface area contributed by atoms with Crippen LogP contribution in [0.3, 0.4) is 0 Å². The van der Waals surface area contributed by atoms with Crippen molar-refractivity contribution in [3.8, 4) is 28.3 Å². The Labute approximate surface area is 146 Å². The maximum absolute atomic E-state index is 9.49. The van der Waals surface area contributed by atoms with Gasteiger partial charge in [-0.05, 0) is 29.8 Å². The van der Waals surface area contributed by atoms with E-state index in [1.54, 1.807) is 29.8 Å². The molecule has 0 aliphatic carbocycles. The Balaban J connectivity index is 1.79. The third-order valence-electron chi connectivity index (χ3n) is 4.19. The number of phenols is 1. The average Bonchev–Trinajstić information content (AvgIpc) is 3.27. The van der Waals surface area contributed by atoms with E-state index in [0.29, 0.717) is 5.82 Å². The van der Waals surface area contributed by atoms with E-state index >= 15 is 0 Å². The summed E-state index contributed by atoms with van der Waals surface area (Å²) in [6.07, 6.45) is 1.76. The van der Waals surface area contributed by atoms with Crippen molar-refractivity contribution in [1.29, 1.82) is 0 Å². The largest absolute Gasteiger partial charge is 0.508 e. The van der Waals surface area contributed by atoms with Crippen molar-refractivity contribution in [2.45, 2.75) is 0 Å². The van der Waals surface area contributed by atoms with Gasteiger partial charge in [0.2, 0.25) is 0 Å². The number of fused-ring (bicyclic) bond motifs is 3. The second-order valence-electron chi connectivity index (χ2n) is 5.70. The lowest BCUT2D eigenvalue weighted by atomic mass is 10.1. The van der Waals surface area contributed by atoms with Crippen molar-refractivity contribution in [1.82, 2.24) is 19.6 Å². The maximum Gasteiger partial charge on any atom is 0.173 e. The highest BCUT2D eigenvalue weighted by molar-refractivity contribution is 7.17. The summed E-state index contributed by atoms with van der Waals surface area (Å²) in [5.41, 5.74) is 3.91. The quantitative estimate of drug-likeness (QED) is 0.516. The van der Waals surface area contributed by atoms with Crippen molar-refractivity contribution < 1.29 is 5.11 Å². The number of benzene rings is 2. The highest BCUT2D eigenvalue weighted by Gasteiger charge is 2.16. The summed E-state index contributed by atoms with van der Waals surface area (Å²) in [7, 11) is 0. The molecule has 6 heteroatoms. The summed E-state index contributed by atoms with van der Waals surface area (Å²) in [5, 5.41) is 21.4. The van der Waals surface area contributed by atoms with Crippen LogP contribution < -0.4 is 0 Å². The first-order valence-corrected chi connectivity index (χ1v) is 8.65. The fraction of sp³-hybridized carbons (Fsp3) is 0. The van der Waals surface area contributed by atoms with Crippen LogP contribution >= 0.6 is 11.3 Å². The molecule has 3 heterocycles.